The van der Waals surface area contributed by atoms with Crippen LogP contribution in [0.15, 0.2) is 52.9 Å². The number of aromatic nitrogens is 2. The number of halogens is 3. The number of nitrogens with zero attached hydrogens (tertiary/aromatic N) is 2. The predicted molar refractivity (Wildman–Crippen MR) is 88.9 cm³/mol. The van der Waals surface area contributed by atoms with Crippen LogP contribution >= 0.6 is 0 Å². The highest BCUT2D eigenvalue weighted by Crippen LogP contribution is 2.32. The second-order valence-electron chi connectivity index (χ2n) is 5.29. The lowest BCUT2D eigenvalue weighted by Gasteiger charge is -2.11. The molecule has 0 spiro atoms. The summed E-state index contributed by atoms with van der Waals surface area (Å²) < 4.78 is 43.3. The zero-order valence-corrected chi connectivity index (χ0v) is 13.9. The quantitative estimate of drug-likeness (QED) is 0.657. The summed E-state index contributed by atoms with van der Waals surface area (Å²) in [6.45, 7) is 0. The zero-order valence-electron chi connectivity index (χ0n) is 13.9. The van der Waals surface area contributed by atoms with E-state index in [9.17, 15) is 18.0 Å². The number of nitrogens with one attached hydrogen (secondary N) is 2. The van der Waals surface area contributed by atoms with E-state index < -0.39 is 17.6 Å². The number of carbonyl (C=O) groups is 1. The molecule has 3 aromatic rings. The minimum atomic E-state index is -4.40. The number of hydrogen-bond acceptors (Lipinski definition) is 6. The summed E-state index contributed by atoms with van der Waals surface area (Å²) in [4.78, 5) is 16.1. The van der Waals surface area contributed by atoms with Gasteiger partial charge >= 0.3 is 18.0 Å². The minimum Gasteiger partial charge on any atom is -0.412 e. The van der Waals surface area contributed by atoms with E-state index in [1.54, 1.807) is 24.3 Å². The number of hydrogen-bond donors (Lipinski definition) is 2. The van der Waals surface area contributed by atoms with Crippen LogP contribution < -0.4 is 10.8 Å². The molecule has 1 amide bonds. The Hall–Kier alpha value is -3.40. The maximum absolute atomic E-state index is 12.7. The van der Waals surface area contributed by atoms with Gasteiger partial charge in [-0.15, -0.1) is 10.2 Å². The maximum Gasteiger partial charge on any atom is 0.416 e. The van der Waals surface area contributed by atoms with Gasteiger partial charge in [0.05, 0.1) is 23.9 Å². The van der Waals surface area contributed by atoms with Crippen molar-refractivity contribution in [2.24, 2.45) is 0 Å². The van der Waals surface area contributed by atoms with E-state index in [1.165, 1.54) is 19.2 Å². The third kappa shape index (κ3) is 4.23. The smallest absolute Gasteiger partial charge is 0.412 e. The third-order valence-corrected chi connectivity index (χ3v) is 3.46. The van der Waals surface area contributed by atoms with Crippen molar-refractivity contribution in [2.75, 3.05) is 12.4 Å². The van der Waals surface area contributed by atoms with Gasteiger partial charge in [0.1, 0.15) is 0 Å². The molecular weight excluding hydrogens is 365 g/mol. The monoisotopic (exact) mass is 378 g/mol. The minimum absolute atomic E-state index is 0.0614. The van der Waals surface area contributed by atoms with Crippen LogP contribution in [0.5, 0.6) is 0 Å². The largest absolute Gasteiger partial charge is 0.416 e. The van der Waals surface area contributed by atoms with E-state index >= 15 is 0 Å². The van der Waals surface area contributed by atoms with Crippen LogP contribution in [0.4, 0.5) is 24.5 Å². The molecular formula is C17H13F3N4O3. The third-order valence-electron chi connectivity index (χ3n) is 3.46. The lowest BCUT2D eigenvalue weighted by atomic mass is 10.1. The van der Waals surface area contributed by atoms with E-state index in [0.29, 0.717) is 16.9 Å². The summed E-state index contributed by atoms with van der Waals surface area (Å²) in [7, 11) is 1.26. The number of amides is 1. The second kappa shape index (κ2) is 7.46. The molecule has 0 atom stereocenters. The van der Waals surface area contributed by atoms with Gasteiger partial charge in [-0.25, -0.2) is 5.48 Å². The molecule has 0 saturated heterocycles. The summed E-state index contributed by atoms with van der Waals surface area (Å²) in [6.07, 6.45) is -4.40. The van der Waals surface area contributed by atoms with Crippen molar-refractivity contribution < 1.29 is 27.2 Å². The Bertz CT molecular complexity index is 939. The summed E-state index contributed by atoms with van der Waals surface area (Å²) in [5.41, 5.74) is 2.74. The van der Waals surface area contributed by atoms with Gasteiger partial charge in [0.25, 0.3) is 0 Å². The molecule has 1 heterocycles. The van der Waals surface area contributed by atoms with Crippen molar-refractivity contribution in [2.45, 2.75) is 6.18 Å². The Morgan fingerprint density at radius 3 is 2.44 bits per heavy atom. The van der Waals surface area contributed by atoms with Crippen molar-refractivity contribution in [3.8, 4) is 11.5 Å². The van der Waals surface area contributed by atoms with Crippen molar-refractivity contribution in [1.29, 1.82) is 0 Å². The second-order valence-corrected chi connectivity index (χ2v) is 5.29. The number of hydroxylamine groups is 1. The van der Waals surface area contributed by atoms with Crippen LogP contribution in [0.1, 0.15) is 16.2 Å². The molecule has 1 aromatic heterocycles. The van der Waals surface area contributed by atoms with Crippen LogP contribution in [0, 0.1) is 0 Å². The first-order chi connectivity index (χ1) is 12.9. The Morgan fingerprint density at radius 1 is 1.07 bits per heavy atom. The van der Waals surface area contributed by atoms with Crippen LogP contribution in [-0.2, 0) is 11.0 Å². The standard InChI is InChI=1S/C17H13F3N4O3/c1-26-24-14(25)16-23-22-15(27-16)12-4-2-3-5-13(12)21-11-8-6-10(7-9-11)17(18,19)20/h2-9,21H,1H3,(H,24,25). The molecule has 0 radical (unpaired) electrons. The highest BCUT2D eigenvalue weighted by molar-refractivity contribution is 5.89. The Kier molecular flexibility index (Phi) is 5.08. The molecule has 2 aromatic carbocycles. The van der Waals surface area contributed by atoms with Crippen molar-refractivity contribution in [3.05, 3.63) is 60.0 Å². The molecule has 2 N–H and O–H groups in total. The molecule has 0 aliphatic heterocycles. The Balaban J connectivity index is 1.85. The van der Waals surface area contributed by atoms with E-state index in [4.69, 9.17) is 4.42 Å². The number of carbonyl (C=O) groups excluding carboxylic acids is 1. The molecule has 0 bridgehead atoms. The van der Waals surface area contributed by atoms with Crippen molar-refractivity contribution >= 4 is 17.3 Å². The topological polar surface area (TPSA) is 89.3 Å². The number of para-hydroxylation sites is 1. The lowest BCUT2D eigenvalue weighted by molar-refractivity contribution is -0.137. The van der Waals surface area contributed by atoms with Crippen LogP contribution in [0.3, 0.4) is 0 Å². The fourth-order valence-corrected chi connectivity index (χ4v) is 2.24. The molecule has 0 saturated carbocycles. The SMILES string of the molecule is CONC(=O)c1nnc(-c2ccccc2Nc2ccc(C(F)(F)F)cc2)o1. The fraction of sp³-hybridized carbons (Fsp3) is 0.118. The van der Waals surface area contributed by atoms with E-state index in [-0.39, 0.29) is 11.8 Å². The summed E-state index contributed by atoms with van der Waals surface area (Å²) in [6, 6.07) is 11.4. The first kappa shape index (κ1) is 18.4. The molecule has 0 aliphatic carbocycles. The first-order valence-corrected chi connectivity index (χ1v) is 7.59. The Morgan fingerprint density at radius 2 is 1.78 bits per heavy atom. The van der Waals surface area contributed by atoms with Gasteiger partial charge in [0.2, 0.25) is 5.89 Å². The van der Waals surface area contributed by atoms with Crippen LogP contribution in [0.2, 0.25) is 0 Å². The number of alkyl halides is 3. The van der Waals surface area contributed by atoms with Crippen LogP contribution in [-0.4, -0.2) is 23.2 Å². The van der Waals surface area contributed by atoms with Crippen molar-refractivity contribution in [3.63, 3.8) is 0 Å². The number of anilines is 2. The highest BCUT2D eigenvalue weighted by atomic mass is 19.4. The average molecular weight is 378 g/mol. The van der Waals surface area contributed by atoms with Gasteiger partial charge in [-0.3, -0.25) is 9.63 Å². The molecule has 27 heavy (non-hydrogen) atoms. The van der Waals surface area contributed by atoms with Crippen molar-refractivity contribution in [1.82, 2.24) is 15.7 Å². The van der Waals surface area contributed by atoms with E-state index in [0.717, 1.165) is 12.1 Å². The van der Waals surface area contributed by atoms with Gasteiger partial charge < -0.3 is 9.73 Å². The molecule has 7 nitrogen and oxygen atoms in total. The maximum atomic E-state index is 12.7. The molecule has 0 unspecified atom stereocenters. The summed E-state index contributed by atoms with van der Waals surface area (Å²) >= 11 is 0. The average Bonchev–Trinajstić information content (AvgIpc) is 3.12. The normalized spacial score (nSPS) is 11.3. The van der Waals surface area contributed by atoms with Gasteiger partial charge in [-0.2, -0.15) is 13.2 Å². The number of benzene rings is 2. The molecule has 10 heteroatoms. The van der Waals surface area contributed by atoms with Gasteiger partial charge in [0.15, 0.2) is 0 Å². The lowest BCUT2D eigenvalue weighted by Crippen LogP contribution is -2.22. The Labute approximate surface area is 151 Å². The summed E-state index contributed by atoms with van der Waals surface area (Å²) in [5.74, 6) is -0.938. The van der Waals surface area contributed by atoms with E-state index in [2.05, 4.69) is 25.8 Å². The van der Waals surface area contributed by atoms with E-state index in [1.807, 2.05) is 0 Å². The molecule has 3 rings (SSSR count). The molecule has 0 fully saturated rings. The first-order valence-electron chi connectivity index (χ1n) is 7.59. The van der Waals surface area contributed by atoms with Crippen LogP contribution in [0.25, 0.3) is 11.5 Å². The van der Waals surface area contributed by atoms with Gasteiger partial charge in [0, 0.05) is 5.69 Å². The predicted octanol–water partition coefficient (Wildman–Crippen LogP) is 3.79. The fourth-order valence-electron chi connectivity index (χ4n) is 2.24. The molecule has 0 aliphatic rings. The number of rotatable bonds is 5. The highest BCUT2D eigenvalue weighted by Gasteiger charge is 2.30. The van der Waals surface area contributed by atoms with Gasteiger partial charge in [-0.1, -0.05) is 12.1 Å². The zero-order chi connectivity index (χ0) is 19.4. The molecule has 140 valence electrons. The summed E-state index contributed by atoms with van der Waals surface area (Å²) in [5, 5.41) is 10.4. The van der Waals surface area contributed by atoms with Gasteiger partial charge in [-0.05, 0) is 36.4 Å².